The van der Waals surface area contributed by atoms with Gasteiger partial charge in [-0.2, -0.15) is 0 Å². The van der Waals surface area contributed by atoms with E-state index >= 15 is 0 Å². The summed E-state index contributed by atoms with van der Waals surface area (Å²) in [5.74, 6) is 2.67. The maximum Gasteiger partial charge on any atom is 0.164 e. The highest BCUT2D eigenvalue weighted by molar-refractivity contribution is 7.19. The molecule has 6 nitrogen and oxygen atoms in total. The predicted molar refractivity (Wildman–Crippen MR) is 117 cm³/mol. The van der Waals surface area contributed by atoms with Crippen molar-refractivity contribution in [3.05, 3.63) is 58.2 Å². The van der Waals surface area contributed by atoms with Gasteiger partial charge in [0.25, 0.3) is 0 Å². The second-order valence-electron chi connectivity index (χ2n) is 6.33. The molecule has 0 radical (unpaired) electrons. The van der Waals surface area contributed by atoms with E-state index in [2.05, 4.69) is 10.3 Å². The molecule has 0 aliphatic carbocycles. The number of aromatic nitrogens is 3. The van der Waals surface area contributed by atoms with E-state index in [0.717, 1.165) is 26.2 Å². The molecule has 0 amide bonds. The highest BCUT2D eigenvalue weighted by atomic mass is 35.5. The van der Waals surface area contributed by atoms with Gasteiger partial charge in [0.1, 0.15) is 10.6 Å². The number of methoxy groups -OCH3 is 2. The van der Waals surface area contributed by atoms with Crippen molar-refractivity contribution in [1.82, 2.24) is 15.0 Å². The zero-order valence-corrected chi connectivity index (χ0v) is 17.8. The van der Waals surface area contributed by atoms with E-state index in [1.807, 2.05) is 37.3 Å². The topological polar surface area (TPSA) is 69.2 Å². The Morgan fingerprint density at radius 3 is 2.66 bits per heavy atom. The third-order valence-electron chi connectivity index (χ3n) is 4.48. The molecule has 0 aliphatic heterocycles. The maximum absolute atomic E-state index is 6.56. The van der Waals surface area contributed by atoms with Crippen LogP contribution in [0.1, 0.15) is 10.4 Å². The Bertz CT molecular complexity index is 1160. The van der Waals surface area contributed by atoms with Crippen molar-refractivity contribution in [2.75, 3.05) is 19.5 Å². The Morgan fingerprint density at radius 2 is 1.93 bits per heavy atom. The fourth-order valence-electron chi connectivity index (χ4n) is 3.01. The number of anilines is 1. The molecule has 29 heavy (non-hydrogen) atoms. The third kappa shape index (κ3) is 3.83. The van der Waals surface area contributed by atoms with Gasteiger partial charge in [-0.3, -0.25) is 4.98 Å². The molecule has 0 bridgehead atoms. The summed E-state index contributed by atoms with van der Waals surface area (Å²) in [6, 6.07) is 9.61. The Morgan fingerprint density at radius 1 is 1.10 bits per heavy atom. The zero-order chi connectivity index (χ0) is 20.4. The number of hydrogen-bond acceptors (Lipinski definition) is 7. The maximum atomic E-state index is 6.56. The van der Waals surface area contributed by atoms with Crippen LogP contribution in [-0.2, 0) is 6.54 Å². The largest absolute Gasteiger partial charge is 0.493 e. The highest BCUT2D eigenvalue weighted by Gasteiger charge is 2.17. The number of rotatable bonds is 6. The standard InChI is InChI=1S/C21H19ClN4O2S/c1-12-18(22)17-20(24-10-13-6-7-15(27-2)16(9-13)28-3)25-19(26-21(17)29-12)14-5-4-8-23-11-14/h4-9,11H,10H2,1-3H3,(H,24,25,26). The molecule has 1 aromatic carbocycles. The van der Waals surface area contributed by atoms with E-state index < -0.39 is 0 Å². The summed E-state index contributed by atoms with van der Waals surface area (Å²) in [5, 5.41) is 4.93. The van der Waals surface area contributed by atoms with Crippen LogP contribution < -0.4 is 14.8 Å². The van der Waals surface area contributed by atoms with E-state index in [0.29, 0.717) is 34.7 Å². The lowest BCUT2D eigenvalue weighted by molar-refractivity contribution is 0.354. The zero-order valence-electron chi connectivity index (χ0n) is 16.2. The lowest BCUT2D eigenvalue weighted by atomic mass is 10.2. The van der Waals surface area contributed by atoms with Gasteiger partial charge in [0.15, 0.2) is 17.3 Å². The number of aryl methyl sites for hydroxylation is 1. The van der Waals surface area contributed by atoms with Crippen molar-refractivity contribution in [2.45, 2.75) is 13.5 Å². The number of nitrogens with zero attached hydrogens (tertiary/aromatic N) is 3. The van der Waals surface area contributed by atoms with Crippen molar-refractivity contribution >= 4 is 39.0 Å². The van der Waals surface area contributed by atoms with Crippen molar-refractivity contribution in [1.29, 1.82) is 0 Å². The first-order valence-corrected chi connectivity index (χ1v) is 10.1. The van der Waals surface area contributed by atoms with E-state index in [4.69, 9.17) is 31.0 Å². The summed E-state index contributed by atoms with van der Waals surface area (Å²) in [7, 11) is 3.24. The van der Waals surface area contributed by atoms with Crippen molar-refractivity contribution < 1.29 is 9.47 Å². The number of nitrogens with one attached hydrogen (secondary N) is 1. The molecule has 0 aliphatic rings. The average Bonchev–Trinajstić information content (AvgIpc) is 3.06. The Labute approximate surface area is 177 Å². The second kappa shape index (κ2) is 8.23. The van der Waals surface area contributed by atoms with Gasteiger partial charge in [-0.25, -0.2) is 9.97 Å². The van der Waals surface area contributed by atoms with Crippen LogP contribution in [0.3, 0.4) is 0 Å². The molecule has 3 aromatic heterocycles. The van der Waals surface area contributed by atoms with Crippen LogP contribution in [0.4, 0.5) is 5.82 Å². The number of pyridine rings is 1. The first kappa shape index (κ1) is 19.4. The van der Waals surface area contributed by atoms with Gasteiger partial charge in [0.05, 0.1) is 24.6 Å². The quantitative estimate of drug-likeness (QED) is 0.448. The number of hydrogen-bond donors (Lipinski definition) is 1. The van der Waals surface area contributed by atoms with Crippen molar-refractivity contribution in [3.63, 3.8) is 0 Å². The van der Waals surface area contributed by atoms with Crippen LogP contribution in [0.25, 0.3) is 21.6 Å². The van der Waals surface area contributed by atoms with Crippen LogP contribution in [-0.4, -0.2) is 29.2 Å². The summed E-state index contributed by atoms with van der Waals surface area (Å²) in [4.78, 5) is 15.5. The minimum Gasteiger partial charge on any atom is -0.493 e. The van der Waals surface area contributed by atoms with E-state index in [9.17, 15) is 0 Å². The fraction of sp³-hybridized carbons (Fsp3) is 0.190. The minimum absolute atomic E-state index is 0.546. The molecular formula is C21H19ClN4O2S. The van der Waals surface area contributed by atoms with Gasteiger partial charge < -0.3 is 14.8 Å². The SMILES string of the molecule is COc1ccc(CNc2nc(-c3cccnc3)nc3sc(C)c(Cl)c23)cc1OC. The fourth-order valence-corrected chi connectivity index (χ4v) is 4.27. The lowest BCUT2D eigenvalue weighted by Crippen LogP contribution is -2.04. The summed E-state index contributed by atoms with van der Waals surface area (Å²) >= 11 is 8.11. The molecule has 3 heterocycles. The average molecular weight is 427 g/mol. The molecule has 1 N–H and O–H groups in total. The van der Waals surface area contributed by atoms with Crippen LogP contribution in [0, 0.1) is 6.92 Å². The summed E-state index contributed by atoms with van der Waals surface area (Å²) in [5.41, 5.74) is 1.88. The van der Waals surface area contributed by atoms with Crippen LogP contribution >= 0.6 is 22.9 Å². The third-order valence-corrected chi connectivity index (χ3v) is 6.07. The molecule has 0 unspecified atom stereocenters. The van der Waals surface area contributed by atoms with E-state index in [-0.39, 0.29) is 0 Å². The first-order valence-electron chi connectivity index (χ1n) is 8.92. The number of benzene rings is 1. The molecule has 4 rings (SSSR count). The number of thiophene rings is 1. The molecule has 0 saturated carbocycles. The number of halogens is 1. The van der Waals surface area contributed by atoms with Gasteiger partial charge in [-0.05, 0) is 36.8 Å². The van der Waals surface area contributed by atoms with E-state index in [1.54, 1.807) is 38.0 Å². The van der Waals surface area contributed by atoms with Gasteiger partial charge in [0.2, 0.25) is 0 Å². The number of ether oxygens (including phenoxy) is 2. The number of fused-ring (bicyclic) bond motifs is 1. The van der Waals surface area contributed by atoms with Gasteiger partial charge in [0, 0.05) is 29.4 Å². The van der Waals surface area contributed by atoms with Crippen LogP contribution in [0.15, 0.2) is 42.7 Å². The molecule has 0 spiro atoms. The minimum atomic E-state index is 0.546. The first-order chi connectivity index (χ1) is 14.1. The Hall–Kier alpha value is -2.90. The molecule has 0 atom stereocenters. The summed E-state index contributed by atoms with van der Waals surface area (Å²) in [6.45, 7) is 2.53. The molecule has 0 fully saturated rings. The lowest BCUT2D eigenvalue weighted by Gasteiger charge is -2.12. The van der Waals surface area contributed by atoms with Crippen LogP contribution in [0.2, 0.25) is 5.02 Å². The van der Waals surface area contributed by atoms with Gasteiger partial charge in [-0.15, -0.1) is 11.3 Å². The monoisotopic (exact) mass is 426 g/mol. The summed E-state index contributed by atoms with van der Waals surface area (Å²) in [6.07, 6.45) is 3.48. The normalized spacial score (nSPS) is 10.9. The second-order valence-corrected chi connectivity index (χ2v) is 7.91. The predicted octanol–water partition coefficient (Wildman–Crippen LogP) is 5.34. The molecular weight excluding hydrogens is 408 g/mol. The summed E-state index contributed by atoms with van der Waals surface area (Å²) < 4.78 is 10.7. The molecule has 148 valence electrons. The Balaban J connectivity index is 1.72. The molecule has 8 heteroatoms. The van der Waals surface area contributed by atoms with Crippen molar-refractivity contribution in [2.24, 2.45) is 0 Å². The molecule has 0 saturated heterocycles. The smallest absolute Gasteiger partial charge is 0.164 e. The Kier molecular flexibility index (Phi) is 5.51. The van der Waals surface area contributed by atoms with Gasteiger partial charge in [-0.1, -0.05) is 17.7 Å². The van der Waals surface area contributed by atoms with Crippen molar-refractivity contribution in [3.8, 4) is 22.9 Å². The molecule has 4 aromatic rings. The highest BCUT2D eigenvalue weighted by Crippen LogP contribution is 2.39. The van der Waals surface area contributed by atoms with Gasteiger partial charge >= 0.3 is 0 Å². The van der Waals surface area contributed by atoms with E-state index in [1.165, 1.54) is 0 Å². The van der Waals surface area contributed by atoms with Crippen LogP contribution in [0.5, 0.6) is 11.5 Å².